The van der Waals surface area contributed by atoms with Gasteiger partial charge in [0.1, 0.15) is 5.75 Å². The van der Waals surface area contributed by atoms with Crippen LogP contribution in [-0.2, 0) is 6.54 Å². The summed E-state index contributed by atoms with van der Waals surface area (Å²) in [4.78, 5) is 4.78. The molecule has 114 valence electrons. The van der Waals surface area contributed by atoms with E-state index in [1.54, 1.807) is 7.11 Å². The molecule has 0 aromatic heterocycles. The number of rotatable bonds is 4. The Labute approximate surface area is 127 Å². The minimum absolute atomic E-state index is 0.387. The van der Waals surface area contributed by atoms with Gasteiger partial charge < -0.3 is 15.4 Å². The van der Waals surface area contributed by atoms with Gasteiger partial charge in [-0.3, -0.25) is 4.90 Å². The van der Waals surface area contributed by atoms with E-state index >= 15 is 0 Å². The molecule has 1 aromatic carbocycles. The molecule has 1 aliphatic rings. The van der Waals surface area contributed by atoms with Crippen LogP contribution in [0.3, 0.4) is 0 Å². The van der Waals surface area contributed by atoms with Gasteiger partial charge in [-0.2, -0.15) is 0 Å². The van der Waals surface area contributed by atoms with Gasteiger partial charge in [0.15, 0.2) is 0 Å². The van der Waals surface area contributed by atoms with E-state index in [1.165, 1.54) is 12.0 Å². The first-order chi connectivity index (χ1) is 10.1. The van der Waals surface area contributed by atoms with Crippen molar-refractivity contribution >= 4 is 0 Å². The van der Waals surface area contributed by atoms with Crippen molar-refractivity contribution in [3.63, 3.8) is 0 Å². The number of hydrogen-bond donors (Lipinski definition) is 1. The van der Waals surface area contributed by atoms with Crippen molar-refractivity contribution in [1.29, 1.82) is 0 Å². The fraction of sp³-hybridized carbons (Fsp3) is 0.529. The summed E-state index contributed by atoms with van der Waals surface area (Å²) in [6, 6.07) is 6.74. The first-order valence-corrected chi connectivity index (χ1v) is 7.38. The largest absolute Gasteiger partial charge is 0.496 e. The van der Waals surface area contributed by atoms with E-state index < -0.39 is 0 Å². The van der Waals surface area contributed by atoms with Crippen LogP contribution in [0.15, 0.2) is 18.2 Å². The Morgan fingerprint density at radius 1 is 1.43 bits per heavy atom. The summed E-state index contributed by atoms with van der Waals surface area (Å²) in [5, 5.41) is 0. The number of nitrogens with two attached hydrogens (primary N) is 1. The van der Waals surface area contributed by atoms with E-state index in [9.17, 15) is 0 Å². The number of benzene rings is 1. The Hall–Kier alpha value is -1.54. The Kier molecular flexibility index (Phi) is 5.63. The molecule has 0 aliphatic carbocycles. The monoisotopic (exact) mass is 287 g/mol. The van der Waals surface area contributed by atoms with Gasteiger partial charge in [0.05, 0.1) is 13.7 Å². The van der Waals surface area contributed by atoms with Crippen molar-refractivity contribution in [3.05, 3.63) is 29.3 Å². The normalized spacial score (nSPS) is 18.6. The second kappa shape index (κ2) is 7.46. The van der Waals surface area contributed by atoms with E-state index in [0.717, 1.165) is 30.9 Å². The molecule has 0 radical (unpaired) electrons. The van der Waals surface area contributed by atoms with Crippen LogP contribution in [0.25, 0.3) is 0 Å². The van der Waals surface area contributed by atoms with Gasteiger partial charge in [0, 0.05) is 36.8 Å². The van der Waals surface area contributed by atoms with Gasteiger partial charge in [-0.05, 0) is 38.7 Å². The molecule has 1 atom stereocenters. The highest BCUT2D eigenvalue weighted by atomic mass is 16.5. The van der Waals surface area contributed by atoms with Gasteiger partial charge in [0.2, 0.25) is 0 Å². The van der Waals surface area contributed by atoms with Crippen LogP contribution in [0, 0.1) is 11.8 Å². The van der Waals surface area contributed by atoms with Crippen molar-refractivity contribution in [3.8, 4) is 17.6 Å². The first kappa shape index (κ1) is 15.8. The summed E-state index contributed by atoms with van der Waals surface area (Å²) < 4.78 is 5.48. The molecule has 1 saturated heterocycles. The van der Waals surface area contributed by atoms with Crippen molar-refractivity contribution < 1.29 is 4.74 Å². The summed E-state index contributed by atoms with van der Waals surface area (Å²) in [5.74, 6) is 6.92. The average Bonchev–Trinajstić information content (AvgIpc) is 2.94. The summed E-state index contributed by atoms with van der Waals surface area (Å²) in [6.07, 6.45) is 1.22. The number of likely N-dealkylation sites (N-methyl/N-ethyl adjacent to an activating group) is 1. The molecule has 0 amide bonds. The molecule has 0 saturated carbocycles. The highest BCUT2D eigenvalue weighted by molar-refractivity contribution is 5.44. The second-order valence-electron chi connectivity index (χ2n) is 5.67. The minimum Gasteiger partial charge on any atom is -0.496 e. The van der Waals surface area contributed by atoms with Crippen molar-refractivity contribution in [1.82, 2.24) is 9.80 Å². The highest BCUT2D eigenvalue weighted by Crippen LogP contribution is 2.24. The van der Waals surface area contributed by atoms with Crippen LogP contribution in [0.4, 0.5) is 0 Å². The molecule has 1 heterocycles. The summed E-state index contributed by atoms with van der Waals surface area (Å²) in [5.41, 5.74) is 7.63. The molecule has 4 heteroatoms. The zero-order valence-electron chi connectivity index (χ0n) is 13.2. The lowest BCUT2D eigenvalue weighted by Gasteiger charge is -2.21. The van der Waals surface area contributed by atoms with Gasteiger partial charge in [-0.1, -0.05) is 11.8 Å². The quantitative estimate of drug-likeness (QED) is 0.843. The summed E-state index contributed by atoms with van der Waals surface area (Å²) in [7, 11) is 6.02. The van der Waals surface area contributed by atoms with E-state index in [2.05, 4.69) is 41.8 Å². The van der Waals surface area contributed by atoms with E-state index in [-0.39, 0.29) is 0 Å². The molecule has 2 rings (SSSR count). The van der Waals surface area contributed by atoms with Crippen LogP contribution in [0.1, 0.15) is 17.5 Å². The average molecular weight is 287 g/mol. The first-order valence-electron chi connectivity index (χ1n) is 7.38. The lowest BCUT2D eigenvalue weighted by atomic mass is 10.1. The number of hydrogen-bond acceptors (Lipinski definition) is 4. The van der Waals surface area contributed by atoms with Gasteiger partial charge in [-0.15, -0.1) is 0 Å². The van der Waals surface area contributed by atoms with Crippen molar-refractivity contribution in [2.24, 2.45) is 5.73 Å². The molecule has 0 spiro atoms. The van der Waals surface area contributed by atoms with Crippen molar-refractivity contribution in [2.45, 2.75) is 19.0 Å². The fourth-order valence-corrected chi connectivity index (χ4v) is 2.75. The van der Waals surface area contributed by atoms with Crippen LogP contribution >= 0.6 is 0 Å². The van der Waals surface area contributed by atoms with Crippen LogP contribution in [0.2, 0.25) is 0 Å². The molecular weight excluding hydrogens is 262 g/mol. The maximum atomic E-state index is 5.48. The third-order valence-electron chi connectivity index (χ3n) is 3.99. The number of likely N-dealkylation sites (tertiary alicyclic amines) is 1. The lowest BCUT2D eigenvalue weighted by Crippen LogP contribution is -2.31. The van der Waals surface area contributed by atoms with Gasteiger partial charge in [0.25, 0.3) is 0 Å². The molecule has 1 aromatic rings. The Bertz CT molecular complexity index is 531. The van der Waals surface area contributed by atoms with E-state index in [4.69, 9.17) is 10.5 Å². The Morgan fingerprint density at radius 3 is 2.86 bits per heavy atom. The summed E-state index contributed by atoms with van der Waals surface area (Å²) in [6.45, 7) is 3.53. The minimum atomic E-state index is 0.387. The van der Waals surface area contributed by atoms with Crippen LogP contribution in [0.5, 0.6) is 5.75 Å². The zero-order valence-corrected chi connectivity index (χ0v) is 13.2. The molecule has 21 heavy (non-hydrogen) atoms. The van der Waals surface area contributed by atoms with E-state index in [0.29, 0.717) is 12.6 Å². The molecular formula is C17H25N3O. The standard InChI is InChI=1S/C17H25N3O/c1-19(2)16-8-10-20(13-16)12-15-11-14(5-4-9-18)6-7-17(15)21-3/h6-7,11,16H,8-10,12-13,18H2,1-3H3. The topological polar surface area (TPSA) is 41.7 Å². The Balaban J connectivity index is 2.11. The second-order valence-corrected chi connectivity index (χ2v) is 5.67. The fourth-order valence-electron chi connectivity index (χ4n) is 2.75. The maximum Gasteiger partial charge on any atom is 0.123 e. The smallest absolute Gasteiger partial charge is 0.123 e. The number of nitrogens with zero attached hydrogens (tertiary/aromatic N) is 2. The van der Waals surface area contributed by atoms with E-state index in [1.807, 2.05) is 12.1 Å². The summed E-state index contributed by atoms with van der Waals surface area (Å²) >= 11 is 0. The molecule has 1 aliphatic heterocycles. The lowest BCUT2D eigenvalue weighted by molar-refractivity contribution is 0.262. The van der Waals surface area contributed by atoms with Gasteiger partial charge in [-0.25, -0.2) is 0 Å². The predicted molar refractivity (Wildman–Crippen MR) is 86.3 cm³/mol. The third kappa shape index (κ3) is 4.21. The Morgan fingerprint density at radius 2 is 2.24 bits per heavy atom. The number of ether oxygens (including phenoxy) is 1. The third-order valence-corrected chi connectivity index (χ3v) is 3.99. The zero-order chi connectivity index (χ0) is 15.2. The molecule has 1 unspecified atom stereocenters. The molecule has 4 nitrogen and oxygen atoms in total. The molecule has 1 fully saturated rings. The predicted octanol–water partition coefficient (Wildman–Crippen LogP) is 1.14. The number of methoxy groups -OCH3 is 1. The van der Waals surface area contributed by atoms with Crippen molar-refractivity contribution in [2.75, 3.05) is 40.8 Å². The highest BCUT2D eigenvalue weighted by Gasteiger charge is 2.24. The SMILES string of the molecule is COc1ccc(C#CCN)cc1CN1CCC(N(C)C)C1. The molecule has 0 bridgehead atoms. The molecule has 2 N–H and O–H groups in total. The van der Waals surface area contributed by atoms with Crippen LogP contribution < -0.4 is 10.5 Å². The maximum absolute atomic E-state index is 5.48. The van der Waals surface area contributed by atoms with Gasteiger partial charge >= 0.3 is 0 Å². The van der Waals surface area contributed by atoms with Crippen LogP contribution in [-0.4, -0.2) is 56.7 Å².